The van der Waals surface area contributed by atoms with Gasteiger partial charge in [0.05, 0.1) is 0 Å². The quantitative estimate of drug-likeness (QED) is 0.643. The van der Waals surface area contributed by atoms with Crippen LogP contribution in [0.25, 0.3) is 0 Å². The van der Waals surface area contributed by atoms with Crippen LogP contribution < -0.4 is 5.32 Å². The van der Waals surface area contributed by atoms with E-state index in [2.05, 4.69) is 10.1 Å². The topological polar surface area (TPSA) is 111 Å². The molecule has 9 heteroatoms. The van der Waals surface area contributed by atoms with Gasteiger partial charge in [-0.15, -0.1) is 0 Å². The zero-order chi connectivity index (χ0) is 16.2. The summed E-state index contributed by atoms with van der Waals surface area (Å²) in [6, 6.07) is -1.39. The highest BCUT2D eigenvalue weighted by atomic mass is 19.1. The van der Waals surface area contributed by atoms with Crippen molar-refractivity contribution in [2.75, 3.05) is 6.61 Å². The molecule has 0 bridgehead atoms. The number of carbonyl (C=O) groups excluding carboxylic acids is 3. The number of ether oxygens (including phenoxy) is 3. The number of carbonyl (C=O) groups is 3. The Morgan fingerprint density at radius 3 is 2.33 bits per heavy atom. The molecule has 120 valence electrons. The van der Waals surface area contributed by atoms with Crippen LogP contribution in [0.5, 0.6) is 0 Å². The number of amides is 1. The third-order valence-electron chi connectivity index (χ3n) is 2.77. The Balaban J connectivity index is 2.86. The summed E-state index contributed by atoms with van der Waals surface area (Å²) in [5, 5.41) is 11.9. The Bertz CT molecular complexity index is 414. The van der Waals surface area contributed by atoms with Crippen LogP contribution in [-0.2, 0) is 28.6 Å². The van der Waals surface area contributed by atoms with Crippen molar-refractivity contribution < 1.29 is 38.1 Å². The summed E-state index contributed by atoms with van der Waals surface area (Å²) in [5.41, 5.74) is 0. The fourth-order valence-electron chi connectivity index (χ4n) is 1.96. The van der Waals surface area contributed by atoms with E-state index in [9.17, 15) is 23.9 Å². The minimum Gasteiger partial charge on any atom is -0.463 e. The minimum atomic E-state index is -1.91. The summed E-state index contributed by atoms with van der Waals surface area (Å²) < 4.78 is 29.0. The second-order valence-corrected chi connectivity index (χ2v) is 4.61. The molecule has 1 aliphatic heterocycles. The van der Waals surface area contributed by atoms with Crippen LogP contribution in [0.15, 0.2) is 0 Å². The molecule has 0 spiro atoms. The highest BCUT2D eigenvalue weighted by molar-refractivity contribution is 5.73. The number of aliphatic hydroxyl groups is 1. The number of hydrogen-bond acceptors (Lipinski definition) is 7. The van der Waals surface area contributed by atoms with Crippen LogP contribution >= 0.6 is 0 Å². The second-order valence-electron chi connectivity index (χ2n) is 4.61. The molecular formula is C12H18FNO7. The van der Waals surface area contributed by atoms with Crippen molar-refractivity contribution in [1.29, 1.82) is 0 Å². The highest BCUT2D eigenvalue weighted by Crippen LogP contribution is 2.25. The molecule has 5 unspecified atom stereocenters. The molecule has 1 saturated heterocycles. The predicted octanol–water partition coefficient (Wildman–Crippen LogP) is -0.959. The number of hydrogen-bond donors (Lipinski definition) is 2. The summed E-state index contributed by atoms with van der Waals surface area (Å²) in [5.74, 6) is -1.98. The molecule has 0 aromatic carbocycles. The van der Waals surface area contributed by atoms with E-state index >= 15 is 0 Å². The van der Waals surface area contributed by atoms with Crippen molar-refractivity contribution >= 4 is 17.8 Å². The first-order valence-corrected chi connectivity index (χ1v) is 6.27. The van der Waals surface area contributed by atoms with Crippen molar-refractivity contribution in [1.82, 2.24) is 5.32 Å². The molecule has 1 rings (SSSR count). The maximum absolute atomic E-state index is 14.4. The lowest BCUT2D eigenvalue weighted by Crippen LogP contribution is -2.63. The first-order chi connectivity index (χ1) is 9.72. The number of halogens is 1. The number of esters is 2. The Hall–Kier alpha value is -1.74. The van der Waals surface area contributed by atoms with Gasteiger partial charge < -0.3 is 24.6 Å². The van der Waals surface area contributed by atoms with Gasteiger partial charge in [-0.1, -0.05) is 0 Å². The lowest BCUT2D eigenvalue weighted by molar-refractivity contribution is -0.250. The standard InChI is InChI=1S/C12H18FNO7/c1-5(15)14-10-9(13)11(20-7(3)17)8(21-12(10)18)4-19-6(2)16/h8-12,18H,4H2,1-3H3,(H,14,15). The maximum Gasteiger partial charge on any atom is 0.303 e. The third-order valence-corrected chi connectivity index (χ3v) is 2.77. The lowest BCUT2D eigenvalue weighted by Gasteiger charge is -2.40. The number of rotatable bonds is 4. The zero-order valence-electron chi connectivity index (χ0n) is 11.9. The van der Waals surface area contributed by atoms with Gasteiger partial charge in [0.2, 0.25) is 5.91 Å². The molecule has 0 aromatic heterocycles. The Morgan fingerprint density at radius 1 is 1.24 bits per heavy atom. The van der Waals surface area contributed by atoms with Gasteiger partial charge in [-0.25, -0.2) is 4.39 Å². The van der Waals surface area contributed by atoms with Crippen LogP contribution in [0.3, 0.4) is 0 Å². The zero-order valence-corrected chi connectivity index (χ0v) is 11.9. The van der Waals surface area contributed by atoms with Gasteiger partial charge in [-0.3, -0.25) is 14.4 Å². The van der Waals surface area contributed by atoms with E-state index in [-0.39, 0.29) is 0 Å². The van der Waals surface area contributed by atoms with Gasteiger partial charge >= 0.3 is 11.9 Å². The molecule has 8 nitrogen and oxygen atoms in total. The van der Waals surface area contributed by atoms with Crippen LogP contribution in [0, 0.1) is 0 Å². The van der Waals surface area contributed by atoms with Crippen LogP contribution in [-0.4, -0.2) is 60.3 Å². The van der Waals surface area contributed by atoms with E-state index in [1.807, 2.05) is 0 Å². The largest absolute Gasteiger partial charge is 0.463 e. The lowest BCUT2D eigenvalue weighted by atomic mass is 9.98. The second kappa shape index (κ2) is 7.32. The Labute approximate surface area is 120 Å². The maximum atomic E-state index is 14.4. The van der Waals surface area contributed by atoms with Gasteiger partial charge in [-0.2, -0.15) is 0 Å². The van der Waals surface area contributed by atoms with Gasteiger partial charge in [-0.05, 0) is 0 Å². The summed E-state index contributed by atoms with van der Waals surface area (Å²) >= 11 is 0. The molecule has 0 aromatic rings. The molecular weight excluding hydrogens is 289 g/mol. The van der Waals surface area contributed by atoms with E-state index in [1.165, 1.54) is 0 Å². The molecule has 1 aliphatic rings. The smallest absolute Gasteiger partial charge is 0.303 e. The van der Waals surface area contributed by atoms with Crippen LogP contribution in [0.2, 0.25) is 0 Å². The summed E-state index contributed by atoms with van der Waals surface area (Å²) in [7, 11) is 0. The Morgan fingerprint density at radius 2 is 1.86 bits per heavy atom. The average Bonchev–Trinajstić information content (AvgIpc) is 2.35. The molecule has 5 atom stereocenters. The number of aliphatic hydroxyl groups excluding tert-OH is 1. The summed E-state index contributed by atoms with van der Waals surface area (Å²) in [6.07, 6.45) is -6.16. The fraction of sp³-hybridized carbons (Fsp3) is 0.750. The van der Waals surface area contributed by atoms with E-state index in [4.69, 9.17) is 9.47 Å². The SMILES string of the molecule is CC(=O)NC1C(O)OC(COC(C)=O)C(OC(C)=O)C1F. The Kier molecular flexibility index (Phi) is 6.03. The average molecular weight is 307 g/mol. The molecule has 1 heterocycles. The minimum absolute atomic E-state index is 0.391. The number of nitrogens with one attached hydrogen (secondary N) is 1. The van der Waals surface area contributed by atoms with Crippen molar-refractivity contribution in [2.24, 2.45) is 0 Å². The van der Waals surface area contributed by atoms with Gasteiger partial charge in [0.25, 0.3) is 0 Å². The van der Waals surface area contributed by atoms with Crippen molar-refractivity contribution in [3.63, 3.8) is 0 Å². The molecule has 1 amide bonds. The van der Waals surface area contributed by atoms with Crippen molar-refractivity contribution in [2.45, 2.75) is 51.5 Å². The van der Waals surface area contributed by atoms with Crippen molar-refractivity contribution in [3.8, 4) is 0 Å². The number of alkyl halides is 1. The van der Waals surface area contributed by atoms with Crippen LogP contribution in [0.1, 0.15) is 20.8 Å². The van der Waals surface area contributed by atoms with Gasteiger partial charge in [0, 0.05) is 20.8 Å². The first kappa shape index (κ1) is 17.3. The van der Waals surface area contributed by atoms with Gasteiger partial charge in [0.1, 0.15) is 18.8 Å². The van der Waals surface area contributed by atoms with E-state index in [0.717, 1.165) is 20.8 Å². The van der Waals surface area contributed by atoms with Gasteiger partial charge in [0.15, 0.2) is 18.6 Å². The van der Waals surface area contributed by atoms with Crippen molar-refractivity contribution in [3.05, 3.63) is 0 Å². The molecule has 0 aliphatic carbocycles. The first-order valence-electron chi connectivity index (χ1n) is 6.27. The predicted molar refractivity (Wildman–Crippen MR) is 65.6 cm³/mol. The monoisotopic (exact) mass is 307 g/mol. The normalized spacial score (nSPS) is 32.1. The fourth-order valence-corrected chi connectivity index (χ4v) is 1.96. The van der Waals surface area contributed by atoms with E-state index in [1.54, 1.807) is 0 Å². The van der Waals surface area contributed by atoms with E-state index < -0.39 is 55.2 Å². The van der Waals surface area contributed by atoms with Crippen LogP contribution in [0.4, 0.5) is 4.39 Å². The van der Waals surface area contributed by atoms with E-state index in [0.29, 0.717) is 0 Å². The highest BCUT2D eigenvalue weighted by Gasteiger charge is 2.48. The molecule has 0 radical (unpaired) electrons. The molecule has 1 fully saturated rings. The summed E-state index contributed by atoms with van der Waals surface area (Å²) in [6.45, 7) is 2.98. The molecule has 2 N–H and O–H groups in total. The molecule has 21 heavy (non-hydrogen) atoms. The third kappa shape index (κ3) is 4.94. The molecule has 0 saturated carbocycles. The summed E-state index contributed by atoms with van der Waals surface area (Å²) in [4.78, 5) is 32.8.